The van der Waals surface area contributed by atoms with Crippen molar-refractivity contribution in [3.63, 3.8) is 0 Å². The second-order valence-corrected chi connectivity index (χ2v) is 3.18. The topological polar surface area (TPSA) is 70.0 Å². The third-order valence-electron chi connectivity index (χ3n) is 1.29. The Labute approximate surface area is 68.7 Å². The zero-order valence-electron chi connectivity index (χ0n) is 5.82. The lowest BCUT2D eigenvalue weighted by Gasteiger charge is -2.01. The highest BCUT2D eigenvalue weighted by Crippen LogP contribution is 2.21. The van der Waals surface area contributed by atoms with Crippen molar-refractivity contribution in [3.05, 3.63) is 21.9 Å². The predicted octanol–water partition coefficient (Wildman–Crippen LogP) is 0.612. The van der Waals surface area contributed by atoms with E-state index in [4.69, 9.17) is 11.0 Å². The first-order chi connectivity index (χ1) is 5.27. The Hall–Kier alpha value is -0.890. The molecule has 1 aromatic rings. The van der Waals surface area contributed by atoms with Gasteiger partial charge in [0.2, 0.25) is 0 Å². The van der Waals surface area contributed by atoms with Crippen LogP contribution in [0.2, 0.25) is 0 Å². The molecule has 0 bridgehead atoms. The number of nitrogens with two attached hydrogens (primary N) is 1. The number of rotatable bonds is 2. The molecule has 1 rings (SSSR count). The van der Waals surface area contributed by atoms with Gasteiger partial charge in [0.05, 0.1) is 0 Å². The van der Waals surface area contributed by atoms with Gasteiger partial charge in [-0.1, -0.05) is 0 Å². The Morgan fingerprint density at radius 2 is 2.45 bits per heavy atom. The molecule has 4 heteroatoms. The Bertz CT molecular complexity index is 276. The number of thiophene rings is 1. The van der Waals surface area contributed by atoms with Crippen LogP contribution in [0.25, 0.3) is 0 Å². The molecule has 0 amide bonds. The molecule has 0 aromatic carbocycles. The van der Waals surface area contributed by atoms with Crippen molar-refractivity contribution in [2.45, 2.75) is 6.10 Å². The minimum absolute atomic E-state index is 0.200. The number of nitriles is 1. The zero-order valence-corrected chi connectivity index (χ0v) is 6.64. The summed E-state index contributed by atoms with van der Waals surface area (Å²) in [7, 11) is 0. The SMILES string of the molecule is N#Cc1ccc(C(O)CN)s1. The molecule has 58 valence electrons. The Kier molecular flexibility index (Phi) is 2.60. The molecular formula is C7H8N2OS. The molecule has 1 unspecified atom stereocenters. The summed E-state index contributed by atoms with van der Waals surface area (Å²) in [6, 6.07) is 5.40. The summed E-state index contributed by atoms with van der Waals surface area (Å²) in [6.45, 7) is 0.200. The van der Waals surface area contributed by atoms with E-state index in [0.29, 0.717) is 4.88 Å². The van der Waals surface area contributed by atoms with Gasteiger partial charge in [0, 0.05) is 11.4 Å². The smallest absolute Gasteiger partial charge is 0.110 e. The van der Waals surface area contributed by atoms with Crippen LogP contribution in [0.5, 0.6) is 0 Å². The quantitative estimate of drug-likeness (QED) is 0.679. The summed E-state index contributed by atoms with van der Waals surface area (Å²) in [6.07, 6.45) is -0.623. The van der Waals surface area contributed by atoms with Gasteiger partial charge in [0.25, 0.3) is 0 Å². The lowest BCUT2D eigenvalue weighted by Crippen LogP contribution is -2.09. The molecule has 1 aromatic heterocycles. The van der Waals surface area contributed by atoms with Crippen LogP contribution in [0.3, 0.4) is 0 Å². The van der Waals surface area contributed by atoms with E-state index >= 15 is 0 Å². The molecule has 0 fully saturated rings. The van der Waals surface area contributed by atoms with Crippen LogP contribution in [-0.4, -0.2) is 11.7 Å². The third kappa shape index (κ3) is 1.77. The van der Waals surface area contributed by atoms with Crippen LogP contribution in [0.15, 0.2) is 12.1 Å². The molecule has 1 heterocycles. The number of aliphatic hydroxyl groups is 1. The monoisotopic (exact) mass is 168 g/mol. The fourth-order valence-corrected chi connectivity index (χ4v) is 1.51. The summed E-state index contributed by atoms with van der Waals surface area (Å²) in [5, 5.41) is 17.7. The molecule has 0 aliphatic carbocycles. The van der Waals surface area contributed by atoms with Crippen LogP contribution in [0.4, 0.5) is 0 Å². The summed E-state index contributed by atoms with van der Waals surface area (Å²) >= 11 is 1.27. The summed E-state index contributed by atoms with van der Waals surface area (Å²) < 4.78 is 0. The largest absolute Gasteiger partial charge is 0.386 e. The molecule has 0 spiro atoms. The maximum atomic E-state index is 9.21. The molecule has 3 N–H and O–H groups in total. The van der Waals surface area contributed by atoms with E-state index in [1.807, 2.05) is 6.07 Å². The highest BCUT2D eigenvalue weighted by Gasteiger charge is 2.07. The Morgan fingerprint density at radius 1 is 1.73 bits per heavy atom. The molecule has 0 saturated carbocycles. The molecule has 0 aliphatic rings. The van der Waals surface area contributed by atoms with Crippen molar-refractivity contribution in [2.24, 2.45) is 5.73 Å². The van der Waals surface area contributed by atoms with Crippen molar-refractivity contribution in [2.75, 3.05) is 6.54 Å². The van der Waals surface area contributed by atoms with Gasteiger partial charge in [-0.05, 0) is 12.1 Å². The fraction of sp³-hybridized carbons (Fsp3) is 0.286. The van der Waals surface area contributed by atoms with E-state index < -0.39 is 6.10 Å². The van der Waals surface area contributed by atoms with E-state index in [-0.39, 0.29) is 6.54 Å². The number of aliphatic hydroxyl groups excluding tert-OH is 1. The van der Waals surface area contributed by atoms with Crippen LogP contribution in [0, 0.1) is 11.3 Å². The lowest BCUT2D eigenvalue weighted by molar-refractivity contribution is 0.190. The molecule has 0 saturated heterocycles. The van der Waals surface area contributed by atoms with Crippen LogP contribution in [-0.2, 0) is 0 Å². The summed E-state index contributed by atoms with van der Waals surface area (Å²) in [5.74, 6) is 0. The zero-order chi connectivity index (χ0) is 8.27. The molecule has 1 atom stereocenters. The summed E-state index contributed by atoms with van der Waals surface area (Å²) in [4.78, 5) is 1.36. The van der Waals surface area contributed by atoms with Crippen molar-refractivity contribution in [1.82, 2.24) is 0 Å². The van der Waals surface area contributed by atoms with E-state index in [0.717, 1.165) is 4.88 Å². The van der Waals surface area contributed by atoms with Gasteiger partial charge in [-0.15, -0.1) is 11.3 Å². The van der Waals surface area contributed by atoms with Gasteiger partial charge in [-0.25, -0.2) is 0 Å². The molecule has 0 radical (unpaired) electrons. The van der Waals surface area contributed by atoms with E-state index in [2.05, 4.69) is 0 Å². The first-order valence-electron chi connectivity index (χ1n) is 3.16. The van der Waals surface area contributed by atoms with Crippen molar-refractivity contribution in [1.29, 1.82) is 5.26 Å². The van der Waals surface area contributed by atoms with E-state index in [1.54, 1.807) is 12.1 Å². The van der Waals surface area contributed by atoms with Gasteiger partial charge in [0.1, 0.15) is 17.1 Å². The highest BCUT2D eigenvalue weighted by atomic mass is 32.1. The van der Waals surface area contributed by atoms with Gasteiger partial charge in [-0.2, -0.15) is 5.26 Å². The molecule has 3 nitrogen and oxygen atoms in total. The second-order valence-electron chi connectivity index (χ2n) is 2.07. The fourth-order valence-electron chi connectivity index (χ4n) is 0.708. The number of hydrogen-bond acceptors (Lipinski definition) is 4. The van der Waals surface area contributed by atoms with E-state index in [1.165, 1.54) is 11.3 Å². The molecule has 11 heavy (non-hydrogen) atoms. The first kappa shape index (κ1) is 8.21. The van der Waals surface area contributed by atoms with Gasteiger partial charge < -0.3 is 10.8 Å². The number of nitrogens with zero attached hydrogens (tertiary/aromatic N) is 1. The molecular weight excluding hydrogens is 160 g/mol. The molecule has 0 aliphatic heterocycles. The highest BCUT2D eigenvalue weighted by molar-refractivity contribution is 7.12. The number of hydrogen-bond donors (Lipinski definition) is 2. The minimum Gasteiger partial charge on any atom is -0.386 e. The maximum Gasteiger partial charge on any atom is 0.110 e. The van der Waals surface area contributed by atoms with Crippen LogP contribution in [0.1, 0.15) is 15.9 Å². The van der Waals surface area contributed by atoms with Crippen molar-refractivity contribution < 1.29 is 5.11 Å². The third-order valence-corrected chi connectivity index (χ3v) is 2.38. The first-order valence-corrected chi connectivity index (χ1v) is 3.97. The van der Waals surface area contributed by atoms with Gasteiger partial charge >= 0.3 is 0 Å². The average Bonchev–Trinajstić information content (AvgIpc) is 2.50. The second kappa shape index (κ2) is 3.49. The van der Waals surface area contributed by atoms with Crippen molar-refractivity contribution in [3.8, 4) is 6.07 Å². The Morgan fingerprint density at radius 3 is 2.91 bits per heavy atom. The van der Waals surface area contributed by atoms with Crippen LogP contribution < -0.4 is 5.73 Å². The minimum atomic E-state index is -0.623. The van der Waals surface area contributed by atoms with Crippen molar-refractivity contribution >= 4 is 11.3 Å². The van der Waals surface area contributed by atoms with Gasteiger partial charge in [0.15, 0.2) is 0 Å². The average molecular weight is 168 g/mol. The van der Waals surface area contributed by atoms with Crippen LogP contribution >= 0.6 is 11.3 Å². The van der Waals surface area contributed by atoms with Gasteiger partial charge in [-0.3, -0.25) is 0 Å². The summed E-state index contributed by atoms with van der Waals surface area (Å²) in [5.41, 5.74) is 5.23. The predicted molar refractivity (Wildman–Crippen MR) is 43.0 cm³/mol. The maximum absolute atomic E-state index is 9.21. The lowest BCUT2D eigenvalue weighted by atomic mass is 10.3. The standard InChI is InChI=1S/C7H8N2OS/c8-3-5-1-2-7(11-5)6(10)4-9/h1-2,6,10H,4,9H2. The Balaban J connectivity index is 2.82. The van der Waals surface area contributed by atoms with E-state index in [9.17, 15) is 5.11 Å². The normalized spacial score (nSPS) is 12.5.